The van der Waals surface area contributed by atoms with Crippen LogP contribution >= 0.6 is 15.9 Å². The minimum Gasteiger partial charge on any atom is -0.388 e. The quantitative estimate of drug-likeness (QED) is 0.585. The highest BCUT2D eigenvalue weighted by Crippen LogP contribution is 2.31. The number of halogens is 1. The van der Waals surface area contributed by atoms with E-state index in [1.165, 1.54) is 6.42 Å². The van der Waals surface area contributed by atoms with Crippen molar-refractivity contribution in [3.05, 3.63) is 0 Å². The Morgan fingerprint density at radius 1 is 1.53 bits per heavy atom. The van der Waals surface area contributed by atoms with E-state index in [9.17, 15) is 9.90 Å². The Labute approximate surface area is 112 Å². The van der Waals surface area contributed by atoms with E-state index in [2.05, 4.69) is 28.2 Å². The molecule has 0 aromatic carbocycles. The summed E-state index contributed by atoms with van der Waals surface area (Å²) in [6.45, 7) is 2.59. The Kier molecular flexibility index (Phi) is 6.49. The van der Waals surface area contributed by atoms with Gasteiger partial charge in [0.1, 0.15) is 0 Å². The van der Waals surface area contributed by atoms with Gasteiger partial charge in [-0.1, -0.05) is 35.7 Å². The predicted molar refractivity (Wildman–Crippen MR) is 73.2 cm³/mol. The monoisotopic (exact) mass is 305 g/mol. The summed E-state index contributed by atoms with van der Waals surface area (Å²) in [4.78, 5) is 11.5. The van der Waals surface area contributed by atoms with Gasteiger partial charge < -0.3 is 10.4 Å². The highest BCUT2D eigenvalue weighted by atomic mass is 79.9. The molecule has 0 saturated heterocycles. The van der Waals surface area contributed by atoms with Gasteiger partial charge in [0.05, 0.1) is 5.60 Å². The third-order valence-corrected chi connectivity index (χ3v) is 4.03. The Hall–Kier alpha value is -0.0900. The average molecular weight is 306 g/mol. The molecule has 0 aromatic rings. The average Bonchev–Trinajstić information content (AvgIpc) is 2.27. The molecule has 2 unspecified atom stereocenters. The molecule has 4 heteroatoms. The fourth-order valence-corrected chi connectivity index (χ4v) is 2.92. The molecule has 1 aliphatic carbocycles. The molecule has 1 aliphatic rings. The zero-order valence-corrected chi connectivity index (χ0v) is 12.3. The summed E-state index contributed by atoms with van der Waals surface area (Å²) in [5.74, 6) is 0.636. The lowest BCUT2D eigenvalue weighted by molar-refractivity contribution is -0.123. The van der Waals surface area contributed by atoms with E-state index in [1.807, 2.05) is 0 Å². The Balaban J connectivity index is 2.21. The summed E-state index contributed by atoms with van der Waals surface area (Å²) >= 11 is 3.34. The summed E-state index contributed by atoms with van der Waals surface area (Å²) in [5.41, 5.74) is -0.664. The third-order valence-electron chi connectivity index (χ3n) is 3.47. The molecule has 3 nitrogen and oxygen atoms in total. The molecule has 0 bridgehead atoms. The van der Waals surface area contributed by atoms with Crippen LogP contribution in [0.3, 0.4) is 0 Å². The van der Waals surface area contributed by atoms with Gasteiger partial charge in [-0.2, -0.15) is 0 Å². The van der Waals surface area contributed by atoms with E-state index in [0.717, 1.165) is 37.4 Å². The van der Waals surface area contributed by atoms with Crippen LogP contribution in [0.5, 0.6) is 0 Å². The summed E-state index contributed by atoms with van der Waals surface area (Å²) in [7, 11) is 0. The lowest BCUT2D eigenvalue weighted by atomic mass is 9.79. The summed E-state index contributed by atoms with van der Waals surface area (Å²) in [5, 5.41) is 14.2. The number of hydrogen-bond acceptors (Lipinski definition) is 2. The van der Waals surface area contributed by atoms with Crippen LogP contribution in [-0.4, -0.2) is 28.5 Å². The fourth-order valence-electron chi connectivity index (χ4n) is 2.52. The first-order valence-corrected chi connectivity index (χ1v) is 7.73. The normalized spacial score (nSPS) is 29.0. The van der Waals surface area contributed by atoms with Crippen molar-refractivity contribution in [2.24, 2.45) is 5.92 Å². The number of unbranched alkanes of at least 4 members (excludes halogenated alkanes) is 1. The molecule has 17 heavy (non-hydrogen) atoms. The predicted octanol–water partition coefficient (Wildman–Crippen LogP) is 2.61. The van der Waals surface area contributed by atoms with Crippen LogP contribution in [0.25, 0.3) is 0 Å². The van der Waals surface area contributed by atoms with E-state index in [1.54, 1.807) is 0 Å². The van der Waals surface area contributed by atoms with Gasteiger partial charge in [0.2, 0.25) is 5.91 Å². The highest BCUT2D eigenvalue weighted by molar-refractivity contribution is 9.09. The molecule has 0 spiro atoms. The van der Waals surface area contributed by atoms with Gasteiger partial charge in [0.15, 0.2) is 0 Å². The minimum atomic E-state index is -0.664. The van der Waals surface area contributed by atoms with E-state index >= 15 is 0 Å². The van der Waals surface area contributed by atoms with Gasteiger partial charge in [-0.25, -0.2) is 0 Å². The molecule has 100 valence electrons. The molecular weight excluding hydrogens is 282 g/mol. The zero-order valence-electron chi connectivity index (χ0n) is 10.7. The van der Waals surface area contributed by atoms with Crippen molar-refractivity contribution in [1.82, 2.24) is 5.32 Å². The molecular formula is C13H24BrNO2. The number of aliphatic hydroxyl groups is 1. The minimum absolute atomic E-state index is 0.0672. The van der Waals surface area contributed by atoms with E-state index in [0.29, 0.717) is 18.9 Å². The molecule has 0 aliphatic heterocycles. The summed E-state index contributed by atoms with van der Waals surface area (Å²) in [6.07, 6.45) is 6.39. The molecule has 0 aromatic heterocycles. The molecule has 2 atom stereocenters. The van der Waals surface area contributed by atoms with Crippen LogP contribution in [0.4, 0.5) is 0 Å². The van der Waals surface area contributed by atoms with E-state index in [-0.39, 0.29) is 5.91 Å². The van der Waals surface area contributed by atoms with E-state index in [4.69, 9.17) is 0 Å². The lowest BCUT2D eigenvalue weighted by Crippen LogP contribution is -2.45. The fraction of sp³-hybridized carbons (Fsp3) is 0.923. The number of nitrogens with one attached hydrogen (secondary N) is 1. The number of hydrogen-bond donors (Lipinski definition) is 2. The van der Waals surface area contributed by atoms with Crippen molar-refractivity contribution < 1.29 is 9.90 Å². The Bertz CT molecular complexity index is 248. The van der Waals surface area contributed by atoms with Gasteiger partial charge in [0.25, 0.3) is 0 Å². The number of alkyl halides is 1. The zero-order chi connectivity index (χ0) is 12.7. The van der Waals surface area contributed by atoms with Crippen LogP contribution in [0, 0.1) is 5.92 Å². The van der Waals surface area contributed by atoms with Crippen LogP contribution in [0.1, 0.15) is 51.9 Å². The number of rotatable bonds is 6. The standard InChI is InChI=1S/C13H24BrNO2/c1-11-5-4-7-13(17,9-11)10-15-12(16)6-2-3-8-14/h11,17H,2-10H2,1H3,(H,15,16). The number of carbonyl (C=O) groups excluding carboxylic acids is 1. The number of carbonyl (C=O) groups is 1. The van der Waals surface area contributed by atoms with Crippen molar-refractivity contribution in [3.8, 4) is 0 Å². The first-order valence-electron chi connectivity index (χ1n) is 6.61. The first-order chi connectivity index (χ1) is 8.06. The van der Waals surface area contributed by atoms with Crippen molar-refractivity contribution in [2.75, 3.05) is 11.9 Å². The molecule has 0 radical (unpaired) electrons. The molecule has 1 saturated carbocycles. The van der Waals surface area contributed by atoms with Gasteiger partial charge in [0, 0.05) is 18.3 Å². The smallest absolute Gasteiger partial charge is 0.220 e. The maximum Gasteiger partial charge on any atom is 0.220 e. The lowest BCUT2D eigenvalue weighted by Gasteiger charge is -2.35. The molecule has 0 heterocycles. The van der Waals surface area contributed by atoms with E-state index < -0.39 is 5.60 Å². The van der Waals surface area contributed by atoms with Gasteiger partial charge in [-0.05, 0) is 31.6 Å². The summed E-state index contributed by atoms with van der Waals surface area (Å²) in [6, 6.07) is 0. The molecule has 1 amide bonds. The second-order valence-corrected chi connectivity index (χ2v) is 6.14. The van der Waals surface area contributed by atoms with Crippen LogP contribution in [0.15, 0.2) is 0 Å². The molecule has 1 rings (SSSR count). The Morgan fingerprint density at radius 2 is 2.29 bits per heavy atom. The summed E-state index contributed by atoms with van der Waals surface area (Å²) < 4.78 is 0. The first kappa shape index (κ1) is 15.0. The second kappa shape index (κ2) is 7.37. The van der Waals surface area contributed by atoms with Crippen molar-refractivity contribution in [2.45, 2.75) is 57.5 Å². The molecule has 1 fully saturated rings. The maximum absolute atomic E-state index is 11.5. The SMILES string of the molecule is CC1CCCC(O)(CNC(=O)CCCCBr)C1. The van der Waals surface area contributed by atoms with Gasteiger partial charge >= 0.3 is 0 Å². The van der Waals surface area contributed by atoms with Crippen molar-refractivity contribution >= 4 is 21.8 Å². The van der Waals surface area contributed by atoms with Crippen LogP contribution in [0.2, 0.25) is 0 Å². The van der Waals surface area contributed by atoms with Crippen LogP contribution in [-0.2, 0) is 4.79 Å². The number of amides is 1. The second-order valence-electron chi connectivity index (χ2n) is 5.35. The molecule has 2 N–H and O–H groups in total. The third kappa shape index (κ3) is 5.87. The van der Waals surface area contributed by atoms with Crippen LogP contribution < -0.4 is 5.32 Å². The van der Waals surface area contributed by atoms with Gasteiger partial charge in [-0.3, -0.25) is 4.79 Å². The van der Waals surface area contributed by atoms with Crippen molar-refractivity contribution in [1.29, 1.82) is 0 Å². The van der Waals surface area contributed by atoms with Gasteiger partial charge in [-0.15, -0.1) is 0 Å². The topological polar surface area (TPSA) is 49.3 Å². The van der Waals surface area contributed by atoms with Crippen molar-refractivity contribution in [3.63, 3.8) is 0 Å². The Morgan fingerprint density at radius 3 is 2.94 bits per heavy atom. The highest BCUT2D eigenvalue weighted by Gasteiger charge is 2.32. The maximum atomic E-state index is 11.5. The largest absolute Gasteiger partial charge is 0.388 e.